The van der Waals surface area contributed by atoms with Crippen LogP contribution in [0.4, 0.5) is 18.9 Å². The van der Waals surface area contributed by atoms with E-state index in [0.29, 0.717) is 19.6 Å². The lowest BCUT2D eigenvalue weighted by Gasteiger charge is -2.45. The van der Waals surface area contributed by atoms with Crippen LogP contribution in [-0.2, 0) is 6.54 Å². The van der Waals surface area contributed by atoms with Crippen LogP contribution in [-0.4, -0.2) is 41.4 Å². The van der Waals surface area contributed by atoms with Gasteiger partial charge in [0, 0.05) is 43.3 Å². The quantitative estimate of drug-likeness (QED) is 0.429. The molecule has 0 saturated carbocycles. The number of piperazine rings is 1. The molecule has 2 atom stereocenters. The van der Waals surface area contributed by atoms with Crippen molar-refractivity contribution >= 4 is 29.2 Å². The van der Waals surface area contributed by atoms with Crippen LogP contribution in [0.2, 0.25) is 0 Å². The Morgan fingerprint density at radius 2 is 1.87 bits per heavy atom. The molecule has 9 heteroatoms. The summed E-state index contributed by atoms with van der Waals surface area (Å²) in [7, 11) is 0. The fraction of sp³-hybridized carbons (Fsp3) is 0.333. The Balaban J connectivity index is 1.74. The molecule has 0 aliphatic carbocycles. The summed E-state index contributed by atoms with van der Waals surface area (Å²) in [5, 5.41) is 3.60. The number of nitrogens with one attached hydrogen (secondary N) is 1. The predicted octanol–water partition coefficient (Wildman–Crippen LogP) is 3.37. The zero-order valence-corrected chi connectivity index (χ0v) is 17.6. The number of nitrogens with zero attached hydrogens (tertiary/aromatic N) is 3. The molecule has 0 bridgehead atoms. The third kappa shape index (κ3) is 5.28. The van der Waals surface area contributed by atoms with E-state index in [1.54, 1.807) is 6.07 Å². The first-order valence-corrected chi connectivity index (χ1v) is 9.98. The first-order chi connectivity index (χ1) is 14.2. The molecule has 1 aliphatic heterocycles. The number of hydrogen-bond acceptors (Lipinski definition) is 4. The van der Waals surface area contributed by atoms with Gasteiger partial charge in [0.05, 0.1) is 11.9 Å². The fourth-order valence-corrected chi connectivity index (χ4v) is 3.82. The zero-order valence-electron chi connectivity index (χ0n) is 16.8. The van der Waals surface area contributed by atoms with Gasteiger partial charge in [0.1, 0.15) is 17.5 Å². The summed E-state index contributed by atoms with van der Waals surface area (Å²) in [6, 6.07) is 8.93. The molecule has 2 aromatic rings. The summed E-state index contributed by atoms with van der Waals surface area (Å²) >= 11 is 4.61. The Kier molecular flexibility index (Phi) is 6.94. The Bertz CT molecular complexity index is 940. The minimum atomic E-state index is -0.595. The van der Waals surface area contributed by atoms with Gasteiger partial charge in [-0.1, -0.05) is 12.1 Å². The SMILES string of the molecule is C[C@@H]1CN(c2cc(F)c(/C=N/NC(N)=S)cc2F)C[C@H](C)N1Cc1cccc(F)c1. The molecule has 30 heavy (non-hydrogen) atoms. The molecule has 1 aliphatic rings. The van der Waals surface area contributed by atoms with Gasteiger partial charge in [-0.3, -0.25) is 10.3 Å². The second-order valence-electron chi connectivity index (χ2n) is 7.46. The van der Waals surface area contributed by atoms with Gasteiger partial charge in [-0.15, -0.1) is 0 Å². The number of nitrogens with two attached hydrogens (primary N) is 1. The summed E-state index contributed by atoms with van der Waals surface area (Å²) in [5.41, 5.74) is 8.64. The second-order valence-corrected chi connectivity index (χ2v) is 7.90. The monoisotopic (exact) mass is 435 g/mol. The molecule has 160 valence electrons. The number of hydrogen-bond donors (Lipinski definition) is 2. The standard InChI is InChI=1S/C21H24F3N5S/c1-13-10-28(11-14(2)29(13)12-15-4-3-5-17(22)6-15)20-8-18(23)16(7-19(20)24)9-26-27-21(25)30/h3-9,13-14H,10-12H2,1-2H3,(H3,25,27,30)/b26-9+/t13-,14+. The highest BCUT2D eigenvalue weighted by Gasteiger charge is 2.31. The van der Waals surface area contributed by atoms with Crippen molar-refractivity contribution in [3.8, 4) is 0 Å². The van der Waals surface area contributed by atoms with Gasteiger partial charge in [-0.25, -0.2) is 13.2 Å². The number of halogens is 3. The highest BCUT2D eigenvalue weighted by Crippen LogP contribution is 2.28. The van der Waals surface area contributed by atoms with E-state index in [0.717, 1.165) is 17.8 Å². The summed E-state index contributed by atoms with van der Waals surface area (Å²) in [6.45, 7) is 5.69. The molecule has 3 rings (SSSR count). The molecule has 0 unspecified atom stereocenters. The van der Waals surface area contributed by atoms with Crippen LogP contribution in [0.5, 0.6) is 0 Å². The average molecular weight is 436 g/mol. The van der Waals surface area contributed by atoms with E-state index in [4.69, 9.17) is 5.73 Å². The molecule has 5 nitrogen and oxygen atoms in total. The average Bonchev–Trinajstić information content (AvgIpc) is 2.66. The van der Waals surface area contributed by atoms with E-state index in [1.807, 2.05) is 24.8 Å². The molecule has 0 amide bonds. The third-order valence-electron chi connectivity index (χ3n) is 5.14. The summed E-state index contributed by atoms with van der Waals surface area (Å²) in [5.74, 6) is -1.40. The van der Waals surface area contributed by atoms with Crippen LogP contribution in [0, 0.1) is 17.5 Å². The molecule has 1 fully saturated rings. The van der Waals surface area contributed by atoms with Gasteiger partial charge in [0.25, 0.3) is 0 Å². The molecule has 1 saturated heterocycles. The smallest absolute Gasteiger partial charge is 0.184 e. The Hall–Kier alpha value is -2.65. The largest absolute Gasteiger partial charge is 0.375 e. The predicted molar refractivity (Wildman–Crippen MR) is 117 cm³/mol. The number of hydrazone groups is 1. The van der Waals surface area contributed by atoms with E-state index >= 15 is 0 Å². The van der Waals surface area contributed by atoms with Crippen LogP contribution in [0.3, 0.4) is 0 Å². The van der Waals surface area contributed by atoms with Crippen LogP contribution in [0.15, 0.2) is 41.5 Å². The van der Waals surface area contributed by atoms with Gasteiger partial charge in [0.15, 0.2) is 5.11 Å². The first kappa shape index (κ1) is 22.0. The lowest BCUT2D eigenvalue weighted by molar-refractivity contribution is 0.123. The van der Waals surface area contributed by atoms with E-state index in [9.17, 15) is 13.2 Å². The zero-order chi connectivity index (χ0) is 21.8. The van der Waals surface area contributed by atoms with E-state index in [2.05, 4.69) is 27.6 Å². The highest BCUT2D eigenvalue weighted by atomic mass is 32.1. The van der Waals surface area contributed by atoms with Crippen molar-refractivity contribution in [2.24, 2.45) is 10.8 Å². The van der Waals surface area contributed by atoms with Crippen LogP contribution < -0.4 is 16.1 Å². The van der Waals surface area contributed by atoms with E-state index in [1.165, 1.54) is 18.2 Å². The molecule has 0 radical (unpaired) electrons. The third-order valence-corrected chi connectivity index (χ3v) is 5.23. The van der Waals surface area contributed by atoms with Gasteiger partial charge in [-0.2, -0.15) is 5.10 Å². The molecular formula is C21H24F3N5S. The van der Waals surface area contributed by atoms with Crippen LogP contribution in [0.25, 0.3) is 0 Å². The molecule has 3 N–H and O–H groups in total. The minimum absolute atomic E-state index is 0.00848. The lowest BCUT2D eigenvalue weighted by atomic mass is 10.0. The van der Waals surface area contributed by atoms with Crippen LogP contribution in [0.1, 0.15) is 25.0 Å². The normalized spacial score (nSPS) is 20.0. The highest BCUT2D eigenvalue weighted by molar-refractivity contribution is 7.80. The van der Waals surface area contributed by atoms with Crippen molar-refractivity contribution < 1.29 is 13.2 Å². The lowest BCUT2D eigenvalue weighted by Crippen LogP contribution is -2.56. The fourth-order valence-electron chi connectivity index (χ4n) is 3.77. The molecule has 0 aromatic heterocycles. The van der Waals surface area contributed by atoms with Crippen LogP contribution >= 0.6 is 12.2 Å². The maximum absolute atomic E-state index is 14.7. The van der Waals surface area contributed by atoms with Crippen molar-refractivity contribution in [1.82, 2.24) is 10.3 Å². The summed E-state index contributed by atoms with van der Waals surface area (Å²) in [6.07, 6.45) is 1.13. The van der Waals surface area contributed by atoms with Gasteiger partial charge < -0.3 is 10.6 Å². The Morgan fingerprint density at radius 1 is 1.17 bits per heavy atom. The molecule has 2 aromatic carbocycles. The number of anilines is 1. The minimum Gasteiger partial charge on any atom is -0.375 e. The number of benzene rings is 2. The van der Waals surface area contributed by atoms with Crippen molar-refractivity contribution in [3.05, 3.63) is 65.0 Å². The number of rotatable bonds is 5. The Labute approximate surface area is 179 Å². The van der Waals surface area contributed by atoms with Crippen molar-refractivity contribution in [2.75, 3.05) is 18.0 Å². The van der Waals surface area contributed by atoms with E-state index in [-0.39, 0.29) is 34.3 Å². The summed E-state index contributed by atoms with van der Waals surface area (Å²) < 4.78 is 42.7. The topological polar surface area (TPSA) is 56.9 Å². The molecular weight excluding hydrogens is 411 g/mol. The molecule has 1 heterocycles. The number of thiocarbonyl (C=S) groups is 1. The molecule has 0 spiro atoms. The Morgan fingerprint density at radius 3 is 2.50 bits per heavy atom. The summed E-state index contributed by atoms with van der Waals surface area (Å²) in [4.78, 5) is 4.08. The van der Waals surface area contributed by atoms with Crippen molar-refractivity contribution in [1.29, 1.82) is 0 Å². The van der Waals surface area contributed by atoms with Gasteiger partial charge in [-0.05, 0) is 49.8 Å². The second kappa shape index (κ2) is 9.44. The maximum Gasteiger partial charge on any atom is 0.184 e. The van der Waals surface area contributed by atoms with Gasteiger partial charge >= 0.3 is 0 Å². The first-order valence-electron chi connectivity index (χ1n) is 9.57. The van der Waals surface area contributed by atoms with E-state index < -0.39 is 11.6 Å². The van der Waals surface area contributed by atoms with Crippen molar-refractivity contribution in [2.45, 2.75) is 32.5 Å². The maximum atomic E-state index is 14.7. The van der Waals surface area contributed by atoms with Crippen molar-refractivity contribution in [3.63, 3.8) is 0 Å². The van der Waals surface area contributed by atoms with Gasteiger partial charge in [0.2, 0.25) is 0 Å².